The molecule has 0 saturated carbocycles. The topological polar surface area (TPSA) is 16.3 Å². The maximum Gasteiger partial charge on any atom is 0.0667 e. The van der Waals surface area contributed by atoms with Crippen LogP contribution in [0.3, 0.4) is 0 Å². The van der Waals surface area contributed by atoms with E-state index in [1.165, 1.54) is 11.1 Å². The number of anilines is 6. The maximum absolute atomic E-state index is 12.0. The Kier molecular flexibility index (Phi) is 12.9. The van der Waals surface area contributed by atoms with Crippen LogP contribution in [0.2, 0.25) is 0 Å². The van der Waals surface area contributed by atoms with Gasteiger partial charge in [-0.25, -0.2) is 0 Å². The van der Waals surface area contributed by atoms with Crippen molar-refractivity contribution in [3.63, 3.8) is 0 Å². The van der Waals surface area contributed by atoms with E-state index in [-0.39, 0.29) is 58.5 Å². The van der Waals surface area contributed by atoms with Crippen molar-refractivity contribution < 1.29 is 8.22 Å². The molecule has 2 aliphatic heterocycles. The highest BCUT2D eigenvalue weighted by Gasteiger charge is 2.45. The van der Waals surface area contributed by atoms with Crippen molar-refractivity contribution in [1.29, 1.82) is 0 Å². The van der Waals surface area contributed by atoms with E-state index in [2.05, 4.69) is 348 Å². The molecule has 2 aromatic heterocycles. The van der Waals surface area contributed by atoms with Crippen LogP contribution in [0.5, 0.6) is 0 Å². The summed E-state index contributed by atoms with van der Waals surface area (Å²) >= 11 is 0. The van der Waals surface area contributed by atoms with Gasteiger partial charge in [0.25, 0.3) is 0 Å². The number of hydrogen-bond acceptors (Lipinski definition) is 2. The maximum atomic E-state index is 12.0. The lowest BCUT2D eigenvalue weighted by atomic mass is 9.73. The van der Waals surface area contributed by atoms with Crippen molar-refractivity contribution in [2.75, 3.05) is 9.80 Å². The molecule has 524 valence electrons. The molecule has 17 aromatic rings. The van der Waals surface area contributed by atoms with Crippen LogP contribution in [0, 0.1) is 0 Å². The lowest BCUT2D eigenvalue weighted by molar-refractivity contribution is 0.589. The standard InChI is InChI=1S/C105H84N4/c1-103(2,3)70-56-85(64-30-14-10-15-31-64)101(86(57-70)65-32-16-11-17-33-65)108-93-62-73(106-91-44-28-26-42-79(91)81-52-50-77-75-40-24-22-38-68(75)54-89(77)99(81)106)46-48-83(93)97-84-49-47-74(107-92-45-29-27-43-80(92)82-53-51-78-76-41-25-23-39-69(76)55-90(78)100(82)107)63-94(84)109(96-61-72(105(7,8)9)60-95(108)98(96)97)102-87(66-34-18-12-19-35-66)58-71(104(4,5)6)59-88(102)67-36-20-13-21-37-67/h10-53,56-63,97H,54-55H2,1-9H3/i46D,47D,48D,49D,62D,63D. The molecule has 0 fully saturated rings. The third-order valence-electron chi connectivity index (χ3n) is 23.8. The molecule has 0 bridgehead atoms. The van der Waals surface area contributed by atoms with E-state index in [4.69, 9.17) is 0 Å². The highest BCUT2D eigenvalue weighted by molar-refractivity contribution is 6.15. The van der Waals surface area contributed by atoms with Gasteiger partial charge in [-0.05, 0) is 184 Å². The fourth-order valence-corrected chi connectivity index (χ4v) is 18.4. The second kappa shape index (κ2) is 24.0. The van der Waals surface area contributed by atoms with Crippen molar-refractivity contribution in [2.45, 2.75) is 97.3 Å². The van der Waals surface area contributed by atoms with E-state index < -0.39 is 11.3 Å². The van der Waals surface area contributed by atoms with E-state index in [0.29, 0.717) is 35.3 Å². The van der Waals surface area contributed by atoms with Crippen LogP contribution in [0.25, 0.3) is 122 Å². The zero-order valence-electron chi connectivity index (χ0n) is 68.8. The minimum Gasteiger partial charge on any atom is -0.309 e. The summed E-state index contributed by atoms with van der Waals surface area (Å²) in [5.41, 5.74) is 27.4. The Bertz CT molecular complexity index is 6500. The number of nitrogens with zero attached hydrogens (tertiary/aromatic N) is 4. The van der Waals surface area contributed by atoms with Gasteiger partial charge in [0.15, 0.2) is 0 Å². The monoisotopic (exact) mass is 1410 g/mol. The molecule has 0 unspecified atom stereocenters. The highest BCUT2D eigenvalue weighted by Crippen LogP contribution is 2.66. The molecule has 0 amide bonds. The Morgan fingerprint density at radius 2 is 0.633 bits per heavy atom. The summed E-state index contributed by atoms with van der Waals surface area (Å²) in [5, 5.41) is 3.91. The molecular weight excluding hydrogens is 1320 g/mol. The molecule has 21 rings (SSSR count). The third kappa shape index (κ3) is 9.96. The molecule has 2 aliphatic carbocycles. The van der Waals surface area contributed by atoms with E-state index in [9.17, 15) is 8.22 Å². The fourth-order valence-electron chi connectivity index (χ4n) is 18.4. The Hall–Kier alpha value is -12.5. The molecule has 4 heterocycles. The van der Waals surface area contributed by atoms with Gasteiger partial charge >= 0.3 is 0 Å². The minimum absolute atomic E-state index is 0.0259. The highest BCUT2D eigenvalue weighted by atomic mass is 15.2. The SMILES string of the molecule is [2H]c1c([2H])c(-n2c3ccccc3c3ccc4c(c32)Cc2ccccc2-4)c([2H])c2c1C1c3c(cc(C(C)(C)C)cc3N(c3c(-c4ccccc4)cc(C(C)(C)C)cc3-c3ccccc3)c3c([2H])c(-n4c5ccccc5c5ccc6c(c54)Cc4ccccc4-6)c([2H])c([2H])c31)N2c1c(-c2ccccc2)cc(C(C)(C)C)cc1-c1ccccc1. The number of rotatable bonds is 8. The lowest BCUT2D eigenvalue weighted by Gasteiger charge is -2.47. The van der Waals surface area contributed by atoms with Crippen molar-refractivity contribution in [1.82, 2.24) is 9.13 Å². The predicted molar refractivity (Wildman–Crippen MR) is 460 cm³/mol. The van der Waals surface area contributed by atoms with E-state index in [0.717, 1.165) is 167 Å². The summed E-state index contributed by atoms with van der Waals surface area (Å²) < 4.78 is 74.4. The van der Waals surface area contributed by atoms with Crippen molar-refractivity contribution in [2.24, 2.45) is 0 Å². The summed E-state index contributed by atoms with van der Waals surface area (Å²) in [4.78, 5) is 4.63. The second-order valence-corrected chi connectivity index (χ2v) is 33.4. The summed E-state index contributed by atoms with van der Waals surface area (Å²) in [6, 6.07) is 98.6. The molecule has 0 atom stereocenters. The lowest BCUT2D eigenvalue weighted by Crippen LogP contribution is -2.31. The average Bonchev–Trinajstić information content (AvgIpc) is 1.59. The first-order valence-electron chi connectivity index (χ1n) is 41.5. The van der Waals surface area contributed by atoms with Crippen LogP contribution < -0.4 is 9.80 Å². The normalized spacial score (nSPS) is 14.4. The minimum atomic E-state index is -1.14. The number of aromatic nitrogens is 2. The Morgan fingerprint density at radius 1 is 0.303 bits per heavy atom. The number of fused-ring (bicyclic) bond motifs is 18. The van der Waals surface area contributed by atoms with Gasteiger partial charge in [0.2, 0.25) is 0 Å². The zero-order chi connectivity index (χ0) is 78.7. The van der Waals surface area contributed by atoms with Gasteiger partial charge in [-0.2, -0.15) is 0 Å². The summed E-state index contributed by atoms with van der Waals surface area (Å²) in [5.74, 6) is -1.14. The van der Waals surface area contributed by atoms with Gasteiger partial charge < -0.3 is 18.9 Å². The molecule has 0 radical (unpaired) electrons. The summed E-state index contributed by atoms with van der Waals surface area (Å²) in [7, 11) is 0. The van der Waals surface area contributed by atoms with Crippen molar-refractivity contribution in [3.05, 3.63) is 371 Å². The van der Waals surface area contributed by atoms with Crippen molar-refractivity contribution in [3.8, 4) is 78.1 Å². The predicted octanol–water partition coefficient (Wildman–Crippen LogP) is 28.3. The first-order valence-corrected chi connectivity index (χ1v) is 38.5. The van der Waals surface area contributed by atoms with Crippen LogP contribution >= 0.6 is 0 Å². The van der Waals surface area contributed by atoms with E-state index in [1.807, 2.05) is 12.1 Å². The van der Waals surface area contributed by atoms with E-state index in [1.54, 1.807) is 0 Å². The molecular formula is C105H84N4. The smallest absolute Gasteiger partial charge is 0.0667 e. The number of para-hydroxylation sites is 2. The van der Waals surface area contributed by atoms with Crippen molar-refractivity contribution >= 4 is 77.7 Å². The third-order valence-corrected chi connectivity index (χ3v) is 23.8. The van der Waals surface area contributed by atoms with Gasteiger partial charge in [0.05, 0.1) is 64.4 Å². The Morgan fingerprint density at radius 3 is 1.00 bits per heavy atom. The average molecular weight is 1410 g/mol. The molecule has 0 saturated heterocycles. The molecule has 4 heteroatoms. The van der Waals surface area contributed by atoms with Crippen LogP contribution in [0.4, 0.5) is 34.1 Å². The van der Waals surface area contributed by atoms with E-state index >= 15 is 0 Å². The van der Waals surface area contributed by atoms with Gasteiger partial charge in [0, 0.05) is 79.5 Å². The first kappa shape index (κ1) is 58.6. The van der Waals surface area contributed by atoms with Crippen LogP contribution in [-0.2, 0) is 29.1 Å². The van der Waals surface area contributed by atoms with Gasteiger partial charge in [0.1, 0.15) is 0 Å². The molecule has 0 spiro atoms. The summed E-state index contributed by atoms with van der Waals surface area (Å²) in [6.45, 7) is 20.4. The second-order valence-electron chi connectivity index (χ2n) is 33.4. The largest absolute Gasteiger partial charge is 0.309 e. The van der Waals surface area contributed by atoms with Gasteiger partial charge in [-0.15, -0.1) is 0 Å². The molecule has 0 N–H and O–H groups in total. The number of benzene rings is 15. The summed E-state index contributed by atoms with van der Waals surface area (Å²) in [6.07, 6.45) is 1.26. The molecule has 15 aromatic carbocycles. The Labute approximate surface area is 647 Å². The van der Waals surface area contributed by atoms with Gasteiger partial charge in [-0.3, -0.25) is 0 Å². The van der Waals surface area contributed by atoms with Crippen LogP contribution in [0.1, 0.15) is 132 Å². The van der Waals surface area contributed by atoms with Gasteiger partial charge in [-0.1, -0.05) is 305 Å². The quantitative estimate of drug-likeness (QED) is 0.151. The van der Waals surface area contributed by atoms with Crippen LogP contribution in [-0.4, -0.2) is 9.13 Å². The Balaban J connectivity index is 0.990. The molecule has 4 nitrogen and oxygen atoms in total. The molecule has 4 aliphatic rings. The molecule has 109 heavy (non-hydrogen) atoms. The van der Waals surface area contributed by atoms with Crippen LogP contribution in [0.15, 0.2) is 315 Å². The zero-order valence-corrected chi connectivity index (χ0v) is 62.8. The number of hydrogen-bond donors (Lipinski definition) is 0. The first-order chi connectivity index (χ1) is 55.5. The fraction of sp³-hybridized carbons (Fsp3) is 0.143.